The first-order valence-electron chi connectivity index (χ1n) is 5.71. The average molecular weight is 311 g/mol. The van der Waals surface area contributed by atoms with E-state index in [0.29, 0.717) is 22.0 Å². The van der Waals surface area contributed by atoms with Gasteiger partial charge in [0.2, 0.25) is 0 Å². The van der Waals surface area contributed by atoms with Crippen molar-refractivity contribution in [2.45, 2.75) is 0 Å². The van der Waals surface area contributed by atoms with Gasteiger partial charge in [0, 0.05) is 22.3 Å². The molecule has 0 amide bonds. The molecule has 0 aliphatic carbocycles. The molecule has 0 heterocycles. The highest BCUT2D eigenvalue weighted by Crippen LogP contribution is 2.28. The third-order valence-corrected chi connectivity index (χ3v) is 3.13. The third-order valence-electron chi connectivity index (χ3n) is 2.68. The molecule has 2 aromatic rings. The Morgan fingerprint density at radius 2 is 2.05 bits per heavy atom. The maximum absolute atomic E-state index is 13.4. The Bertz CT molecular complexity index is 664. The van der Waals surface area contributed by atoms with E-state index >= 15 is 0 Å². The van der Waals surface area contributed by atoms with Crippen LogP contribution in [0.1, 0.15) is 5.56 Å². The molecule has 0 aliphatic rings. The van der Waals surface area contributed by atoms with E-state index in [0.717, 1.165) is 0 Å². The molecular formula is C14H12ClFN2OS. The summed E-state index contributed by atoms with van der Waals surface area (Å²) in [6, 6.07) is 9.57. The molecule has 3 N–H and O–H groups in total. The molecule has 0 bridgehead atoms. The third kappa shape index (κ3) is 3.18. The number of hydrogen-bond acceptors (Lipinski definition) is 3. The standard InChI is InChI=1S/C14H12ClFN2OS/c1-19-13-7-9(3-5-11(13)16)18-12-6-8(15)2-4-10(12)14(17)20/h2-7,18H,1H3,(H2,17,20). The summed E-state index contributed by atoms with van der Waals surface area (Å²) < 4.78 is 18.3. The number of rotatable bonds is 4. The quantitative estimate of drug-likeness (QED) is 0.842. The first-order chi connectivity index (χ1) is 9.51. The topological polar surface area (TPSA) is 47.3 Å². The molecule has 2 rings (SSSR count). The highest BCUT2D eigenvalue weighted by atomic mass is 35.5. The molecule has 0 saturated carbocycles. The number of halogens is 2. The molecule has 0 atom stereocenters. The van der Waals surface area contributed by atoms with E-state index in [9.17, 15) is 4.39 Å². The minimum Gasteiger partial charge on any atom is -0.494 e. The van der Waals surface area contributed by atoms with E-state index in [1.54, 1.807) is 30.3 Å². The molecule has 0 spiro atoms. The van der Waals surface area contributed by atoms with E-state index < -0.39 is 5.82 Å². The summed E-state index contributed by atoms with van der Waals surface area (Å²) in [5, 5.41) is 3.64. The van der Waals surface area contributed by atoms with E-state index in [4.69, 9.17) is 34.3 Å². The summed E-state index contributed by atoms with van der Waals surface area (Å²) in [6.07, 6.45) is 0. The second kappa shape index (κ2) is 6.07. The van der Waals surface area contributed by atoms with Crippen LogP contribution in [0.5, 0.6) is 5.75 Å². The van der Waals surface area contributed by atoms with Gasteiger partial charge in [0.1, 0.15) is 4.99 Å². The molecule has 0 aromatic heterocycles. The first kappa shape index (κ1) is 14.6. The van der Waals surface area contributed by atoms with E-state index in [2.05, 4.69) is 5.32 Å². The lowest BCUT2D eigenvalue weighted by molar-refractivity contribution is 0.387. The zero-order valence-corrected chi connectivity index (χ0v) is 12.2. The highest BCUT2D eigenvalue weighted by molar-refractivity contribution is 7.80. The van der Waals surface area contributed by atoms with Crippen LogP contribution in [0.15, 0.2) is 36.4 Å². The number of methoxy groups -OCH3 is 1. The fourth-order valence-electron chi connectivity index (χ4n) is 1.73. The van der Waals surface area contributed by atoms with Gasteiger partial charge < -0.3 is 15.8 Å². The van der Waals surface area contributed by atoms with Crippen LogP contribution in [0.4, 0.5) is 15.8 Å². The molecule has 104 valence electrons. The molecule has 20 heavy (non-hydrogen) atoms. The number of nitrogens with two attached hydrogens (primary N) is 1. The van der Waals surface area contributed by atoms with Gasteiger partial charge in [-0.1, -0.05) is 23.8 Å². The number of thiocarbonyl (C=S) groups is 1. The molecule has 3 nitrogen and oxygen atoms in total. The summed E-state index contributed by atoms with van der Waals surface area (Å²) >= 11 is 11.0. The van der Waals surface area contributed by atoms with Crippen LogP contribution in [-0.4, -0.2) is 12.1 Å². The zero-order chi connectivity index (χ0) is 14.7. The number of nitrogens with one attached hydrogen (secondary N) is 1. The Balaban J connectivity index is 2.39. The summed E-state index contributed by atoms with van der Waals surface area (Å²) in [4.78, 5) is 0.248. The van der Waals surface area contributed by atoms with Crippen LogP contribution in [0.25, 0.3) is 0 Å². The van der Waals surface area contributed by atoms with E-state index in [-0.39, 0.29) is 10.7 Å². The Labute approximate surface area is 126 Å². The Morgan fingerprint density at radius 1 is 1.30 bits per heavy atom. The average Bonchev–Trinajstić information content (AvgIpc) is 2.40. The monoisotopic (exact) mass is 310 g/mol. The van der Waals surface area contributed by atoms with Crippen LogP contribution in [-0.2, 0) is 0 Å². The minimum atomic E-state index is -0.432. The Hall–Kier alpha value is -1.85. The van der Waals surface area contributed by atoms with Gasteiger partial charge in [-0.15, -0.1) is 0 Å². The fourth-order valence-corrected chi connectivity index (χ4v) is 2.08. The maximum Gasteiger partial charge on any atom is 0.165 e. The molecule has 0 aliphatic heterocycles. The number of anilines is 2. The van der Waals surface area contributed by atoms with Gasteiger partial charge in [0.25, 0.3) is 0 Å². The fraction of sp³-hybridized carbons (Fsp3) is 0.0714. The number of hydrogen-bond donors (Lipinski definition) is 2. The Morgan fingerprint density at radius 3 is 2.70 bits per heavy atom. The van der Waals surface area contributed by atoms with Gasteiger partial charge in [-0.2, -0.15) is 0 Å². The van der Waals surface area contributed by atoms with Gasteiger partial charge in [0.15, 0.2) is 11.6 Å². The van der Waals surface area contributed by atoms with Crippen molar-refractivity contribution in [3.05, 3.63) is 52.8 Å². The predicted octanol–water partition coefficient (Wildman–Crippen LogP) is 3.87. The highest BCUT2D eigenvalue weighted by Gasteiger charge is 2.08. The summed E-state index contributed by atoms with van der Waals surface area (Å²) in [5.74, 6) is -0.285. The molecule has 0 radical (unpaired) electrons. The smallest absolute Gasteiger partial charge is 0.165 e. The second-order valence-corrected chi connectivity index (χ2v) is 4.90. The summed E-state index contributed by atoms with van der Waals surface area (Å²) in [7, 11) is 1.40. The van der Waals surface area contributed by atoms with Crippen molar-refractivity contribution in [2.24, 2.45) is 5.73 Å². The lowest BCUT2D eigenvalue weighted by atomic mass is 10.1. The lowest BCUT2D eigenvalue weighted by Crippen LogP contribution is -2.11. The molecule has 2 aromatic carbocycles. The van der Waals surface area contributed by atoms with Crippen LogP contribution in [0.2, 0.25) is 5.02 Å². The van der Waals surface area contributed by atoms with Crippen LogP contribution in [0, 0.1) is 5.82 Å². The normalized spacial score (nSPS) is 10.2. The molecule has 0 saturated heterocycles. The van der Waals surface area contributed by atoms with Gasteiger partial charge >= 0.3 is 0 Å². The zero-order valence-electron chi connectivity index (χ0n) is 10.6. The van der Waals surface area contributed by atoms with Crippen LogP contribution < -0.4 is 15.8 Å². The van der Waals surface area contributed by atoms with Crippen LogP contribution >= 0.6 is 23.8 Å². The van der Waals surface area contributed by atoms with Crippen molar-refractivity contribution in [3.63, 3.8) is 0 Å². The van der Waals surface area contributed by atoms with E-state index in [1.165, 1.54) is 13.2 Å². The first-order valence-corrected chi connectivity index (χ1v) is 6.50. The number of benzene rings is 2. The molecule has 0 fully saturated rings. The van der Waals surface area contributed by atoms with Crippen molar-refractivity contribution >= 4 is 40.2 Å². The summed E-state index contributed by atoms with van der Waals surface area (Å²) in [6.45, 7) is 0. The van der Waals surface area contributed by atoms with Crippen molar-refractivity contribution in [1.82, 2.24) is 0 Å². The largest absolute Gasteiger partial charge is 0.494 e. The van der Waals surface area contributed by atoms with Gasteiger partial charge in [0.05, 0.1) is 12.8 Å². The van der Waals surface area contributed by atoms with Crippen molar-refractivity contribution < 1.29 is 9.13 Å². The van der Waals surface area contributed by atoms with Crippen molar-refractivity contribution in [2.75, 3.05) is 12.4 Å². The Kier molecular flexibility index (Phi) is 4.42. The van der Waals surface area contributed by atoms with Crippen molar-refractivity contribution in [3.8, 4) is 5.75 Å². The predicted molar refractivity (Wildman–Crippen MR) is 83.6 cm³/mol. The minimum absolute atomic E-state index is 0.147. The second-order valence-electron chi connectivity index (χ2n) is 4.03. The van der Waals surface area contributed by atoms with Gasteiger partial charge in [-0.3, -0.25) is 0 Å². The molecular weight excluding hydrogens is 299 g/mol. The number of ether oxygens (including phenoxy) is 1. The van der Waals surface area contributed by atoms with Crippen LogP contribution in [0.3, 0.4) is 0 Å². The molecule has 0 unspecified atom stereocenters. The molecule has 6 heteroatoms. The van der Waals surface area contributed by atoms with Gasteiger partial charge in [-0.25, -0.2) is 4.39 Å². The van der Waals surface area contributed by atoms with Crippen molar-refractivity contribution in [1.29, 1.82) is 0 Å². The lowest BCUT2D eigenvalue weighted by Gasteiger charge is -2.13. The van der Waals surface area contributed by atoms with Gasteiger partial charge in [-0.05, 0) is 30.3 Å². The van der Waals surface area contributed by atoms with E-state index in [1.807, 2.05) is 0 Å². The summed E-state index contributed by atoms with van der Waals surface area (Å²) in [5.41, 5.74) is 7.62. The maximum atomic E-state index is 13.4. The SMILES string of the molecule is COc1cc(Nc2cc(Cl)ccc2C(N)=S)ccc1F.